The highest BCUT2D eigenvalue weighted by molar-refractivity contribution is 7.99. The van der Waals surface area contributed by atoms with Crippen molar-refractivity contribution >= 4 is 17.7 Å². The largest absolute Gasteiger partial charge is 0.339 e. The van der Waals surface area contributed by atoms with Crippen LogP contribution in [0.1, 0.15) is 23.2 Å². The van der Waals surface area contributed by atoms with E-state index < -0.39 is 0 Å². The van der Waals surface area contributed by atoms with E-state index in [1.807, 2.05) is 36.4 Å². The smallest absolute Gasteiger partial charge is 0.255 e. The van der Waals surface area contributed by atoms with Gasteiger partial charge in [-0.1, -0.05) is 42.1 Å². The van der Waals surface area contributed by atoms with Gasteiger partial charge in [0.2, 0.25) is 0 Å². The molecule has 2 saturated heterocycles. The Morgan fingerprint density at radius 1 is 0.920 bits per heavy atom. The molecule has 4 heteroatoms. The van der Waals surface area contributed by atoms with E-state index in [1.165, 1.54) is 4.90 Å². The number of hydrogen-bond donors (Lipinski definition) is 1. The number of nitrogens with zero attached hydrogens (tertiary/aromatic N) is 1. The lowest BCUT2D eigenvalue weighted by molar-refractivity contribution is 0.0755. The van der Waals surface area contributed by atoms with Crippen molar-refractivity contribution in [2.75, 3.05) is 26.2 Å². The quantitative estimate of drug-likeness (QED) is 0.909. The summed E-state index contributed by atoms with van der Waals surface area (Å²) in [6.07, 6.45) is 2.24. The minimum absolute atomic E-state index is 0.187. The summed E-state index contributed by atoms with van der Waals surface area (Å²) in [5.41, 5.74) is 0.835. The second-order valence-electron chi connectivity index (χ2n) is 6.96. The van der Waals surface area contributed by atoms with Crippen LogP contribution in [0.2, 0.25) is 0 Å². The molecule has 0 aromatic heterocycles. The van der Waals surface area contributed by atoms with Gasteiger partial charge in [-0.2, -0.15) is 0 Å². The van der Waals surface area contributed by atoms with E-state index in [2.05, 4.69) is 28.4 Å². The lowest BCUT2D eigenvalue weighted by Crippen LogP contribution is -2.33. The van der Waals surface area contributed by atoms with Crippen LogP contribution in [0.5, 0.6) is 0 Å². The van der Waals surface area contributed by atoms with Gasteiger partial charge in [-0.05, 0) is 62.0 Å². The summed E-state index contributed by atoms with van der Waals surface area (Å²) >= 11 is 1.67. The van der Waals surface area contributed by atoms with Crippen LogP contribution in [0.25, 0.3) is 0 Å². The van der Waals surface area contributed by atoms with Gasteiger partial charge in [-0.25, -0.2) is 0 Å². The van der Waals surface area contributed by atoms with Gasteiger partial charge < -0.3 is 10.2 Å². The van der Waals surface area contributed by atoms with Crippen LogP contribution in [0.4, 0.5) is 0 Å². The van der Waals surface area contributed by atoms with Crippen LogP contribution in [0.15, 0.2) is 64.4 Å². The zero-order valence-electron chi connectivity index (χ0n) is 14.4. The number of rotatable bonds is 3. The van der Waals surface area contributed by atoms with Gasteiger partial charge >= 0.3 is 0 Å². The first-order chi connectivity index (χ1) is 12.3. The average molecular weight is 353 g/mol. The molecule has 0 aliphatic carbocycles. The molecule has 2 fully saturated rings. The number of amides is 1. The van der Waals surface area contributed by atoms with Crippen molar-refractivity contribution in [3.05, 3.63) is 60.2 Å². The van der Waals surface area contributed by atoms with Gasteiger partial charge in [0.15, 0.2) is 0 Å². The molecule has 1 amide bonds. The molecule has 2 aliphatic rings. The Morgan fingerprint density at radius 2 is 1.56 bits per heavy atom. The fraction of sp³-hybridized carbons (Fsp3) is 0.381. The van der Waals surface area contributed by atoms with Gasteiger partial charge in [0.05, 0.1) is 5.56 Å². The average Bonchev–Trinajstić information content (AvgIpc) is 3.01. The number of fused-ring (bicyclic) bond motifs is 1. The standard InChI is InChI=1S/C21H24N2OS/c24-21(23-12-10-16-14-22-15-17(16)11-13-23)19-8-4-5-9-20(19)25-18-6-2-1-3-7-18/h1-9,16-17,22H,10-15H2/t16-,17+. The number of likely N-dealkylation sites (tertiary alicyclic amines) is 1. The Hall–Kier alpha value is -1.78. The van der Waals surface area contributed by atoms with Crippen molar-refractivity contribution in [3.63, 3.8) is 0 Å². The number of carbonyl (C=O) groups is 1. The minimum Gasteiger partial charge on any atom is -0.339 e. The Balaban J connectivity index is 1.52. The third kappa shape index (κ3) is 3.75. The van der Waals surface area contributed by atoms with Gasteiger partial charge in [-0.3, -0.25) is 4.79 Å². The highest BCUT2D eigenvalue weighted by Crippen LogP contribution is 2.32. The highest BCUT2D eigenvalue weighted by Gasteiger charge is 2.32. The Morgan fingerprint density at radius 3 is 2.28 bits per heavy atom. The fourth-order valence-corrected chi connectivity index (χ4v) is 4.90. The van der Waals surface area contributed by atoms with Crippen molar-refractivity contribution in [3.8, 4) is 0 Å². The zero-order chi connectivity index (χ0) is 17.1. The van der Waals surface area contributed by atoms with Crippen LogP contribution >= 0.6 is 11.8 Å². The predicted molar refractivity (Wildman–Crippen MR) is 102 cm³/mol. The van der Waals surface area contributed by atoms with Crippen LogP contribution in [-0.2, 0) is 0 Å². The molecular weight excluding hydrogens is 328 g/mol. The maximum atomic E-state index is 13.2. The van der Waals surface area contributed by atoms with Crippen LogP contribution < -0.4 is 5.32 Å². The summed E-state index contributed by atoms with van der Waals surface area (Å²) in [4.78, 5) is 17.5. The number of benzene rings is 2. The Labute approximate surface area is 153 Å². The predicted octanol–water partition coefficient (Wildman–Crippen LogP) is 3.91. The molecule has 4 rings (SSSR count). The first-order valence-electron chi connectivity index (χ1n) is 9.13. The molecular formula is C21H24N2OS. The first kappa shape index (κ1) is 16.7. The fourth-order valence-electron chi connectivity index (χ4n) is 3.94. The van der Waals surface area contributed by atoms with Gasteiger partial charge in [-0.15, -0.1) is 0 Å². The molecule has 25 heavy (non-hydrogen) atoms. The van der Waals surface area contributed by atoms with Gasteiger partial charge in [0.1, 0.15) is 0 Å². The van der Waals surface area contributed by atoms with Crippen LogP contribution in [0.3, 0.4) is 0 Å². The molecule has 2 aromatic carbocycles. The summed E-state index contributed by atoms with van der Waals surface area (Å²) in [6, 6.07) is 18.3. The maximum absolute atomic E-state index is 13.2. The monoisotopic (exact) mass is 352 g/mol. The molecule has 2 atom stereocenters. The molecule has 2 heterocycles. The van der Waals surface area contributed by atoms with E-state index in [9.17, 15) is 4.79 Å². The molecule has 0 spiro atoms. The first-order valence-corrected chi connectivity index (χ1v) is 9.95. The third-order valence-corrected chi connectivity index (χ3v) is 6.48. The number of nitrogens with one attached hydrogen (secondary N) is 1. The lowest BCUT2D eigenvalue weighted by atomic mass is 9.92. The van der Waals surface area contributed by atoms with E-state index in [0.29, 0.717) is 0 Å². The minimum atomic E-state index is 0.187. The topological polar surface area (TPSA) is 32.3 Å². The van der Waals surface area contributed by atoms with Crippen molar-refractivity contribution in [2.24, 2.45) is 11.8 Å². The van der Waals surface area contributed by atoms with E-state index in [-0.39, 0.29) is 5.91 Å². The van der Waals surface area contributed by atoms with E-state index >= 15 is 0 Å². The molecule has 0 bridgehead atoms. The third-order valence-electron chi connectivity index (χ3n) is 5.40. The van der Waals surface area contributed by atoms with Crippen molar-refractivity contribution in [1.82, 2.24) is 10.2 Å². The second-order valence-corrected chi connectivity index (χ2v) is 8.07. The normalized spacial score (nSPS) is 23.1. The summed E-state index contributed by atoms with van der Waals surface area (Å²) in [6.45, 7) is 4.00. The summed E-state index contributed by atoms with van der Waals surface area (Å²) in [5.74, 6) is 1.67. The van der Waals surface area contributed by atoms with Crippen molar-refractivity contribution in [2.45, 2.75) is 22.6 Å². The zero-order valence-corrected chi connectivity index (χ0v) is 15.2. The molecule has 0 radical (unpaired) electrons. The Kier molecular flexibility index (Phi) is 5.09. The lowest BCUT2D eigenvalue weighted by Gasteiger charge is -2.22. The molecule has 1 N–H and O–H groups in total. The second kappa shape index (κ2) is 7.63. The van der Waals surface area contributed by atoms with Crippen molar-refractivity contribution < 1.29 is 4.79 Å². The van der Waals surface area contributed by atoms with Gasteiger partial charge in [0.25, 0.3) is 5.91 Å². The van der Waals surface area contributed by atoms with Crippen molar-refractivity contribution in [1.29, 1.82) is 0 Å². The molecule has 0 unspecified atom stereocenters. The van der Waals surface area contributed by atoms with Crippen LogP contribution in [0, 0.1) is 11.8 Å². The molecule has 3 nitrogen and oxygen atoms in total. The summed E-state index contributed by atoms with van der Waals surface area (Å²) in [7, 11) is 0. The van der Waals surface area contributed by atoms with E-state index in [4.69, 9.17) is 0 Å². The number of carbonyl (C=O) groups excluding carboxylic acids is 1. The highest BCUT2D eigenvalue weighted by atomic mass is 32.2. The Bertz CT molecular complexity index is 720. The summed E-state index contributed by atoms with van der Waals surface area (Å²) < 4.78 is 0. The van der Waals surface area contributed by atoms with E-state index in [1.54, 1.807) is 11.8 Å². The maximum Gasteiger partial charge on any atom is 0.255 e. The van der Waals surface area contributed by atoms with Gasteiger partial charge in [0, 0.05) is 22.9 Å². The number of hydrogen-bond acceptors (Lipinski definition) is 3. The molecule has 0 saturated carbocycles. The van der Waals surface area contributed by atoms with E-state index in [0.717, 1.165) is 61.3 Å². The molecule has 2 aliphatic heterocycles. The van der Waals surface area contributed by atoms with Crippen LogP contribution in [-0.4, -0.2) is 37.0 Å². The summed E-state index contributed by atoms with van der Waals surface area (Å²) in [5, 5.41) is 3.50. The molecule has 2 aromatic rings. The molecule has 130 valence electrons. The SMILES string of the molecule is O=C(c1ccccc1Sc1ccccc1)N1CC[C@@H]2CNC[C@@H]2CC1.